The van der Waals surface area contributed by atoms with E-state index in [0.717, 1.165) is 15.1 Å². The topological polar surface area (TPSA) is 80.4 Å². The number of anilines is 1. The van der Waals surface area contributed by atoms with Gasteiger partial charge in [-0.15, -0.1) is 11.3 Å². The first-order valence-corrected chi connectivity index (χ1v) is 9.93. The summed E-state index contributed by atoms with van der Waals surface area (Å²) in [4.78, 5) is 16.8. The van der Waals surface area contributed by atoms with Crippen molar-refractivity contribution >= 4 is 56.1 Å². The number of hydrogen-bond acceptors (Lipinski definition) is 7. The highest BCUT2D eigenvalue weighted by molar-refractivity contribution is 9.10. The smallest absolute Gasteiger partial charge is 0.258 e. The molecule has 132 valence electrons. The van der Waals surface area contributed by atoms with Crippen LogP contribution < -0.4 is 5.43 Å². The van der Waals surface area contributed by atoms with Gasteiger partial charge in [0.2, 0.25) is 5.13 Å². The van der Waals surface area contributed by atoms with Crippen molar-refractivity contribution in [3.05, 3.63) is 73.7 Å². The van der Waals surface area contributed by atoms with Gasteiger partial charge in [-0.2, -0.15) is 5.10 Å². The summed E-state index contributed by atoms with van der Waals surface area (Å²) >= 11 is 6.18. The van der Waals surface area contributed by atoms with Crippen LogP contribution in [0.5, 0.6) is 0 Å². The first-order valence-electron chi connectivity index (χ1n) is 7.44. The number of hydrogen-bond donors (Lipinski definition) is 1. The van der Waals surface area contributed by atoms with E-state index < -0.39 is 0 Å². The highest BCUT2D eigenvalue weighted by atomic mass is 79.9. The molecule has 0 unspecified atom stereocenters. The van der Waals surface area contributed by atoms with Gasteiger partial charge in [-0.3, -0.25) is 15.5 Å². The second-order valence-electron chi connectivity index (χ2n) is 5.20. The molecule has 26 heavy (non-hydrogen) atoms. The maximum Gasteiger partial charge on any atom is 0.283 e. The summed E-state index contributed by atoms with van der Waals surface area (Å²) in [6, 6.07) is 12.7. The second kappa shape index (κ2) is 8.43. The van der Waals surface area contributed by atoms with Crippen LogP contribution >= 0.6 is 39.0 Å². The molecule has 0 aliphatic heterocycles. The highest BCUT2D eigenvalue weighted by Gasteiger charge is 2.15. The van der Waals surface area contributed by atoms with E-state index in [1.165, 1.54) is 35.4 Å². The Morgan fingerprint density at radius 3 is 2.73 bits per heavy atom. The Hall–Kier alpha value is -2.23. The van der Waals surface area contributed by atoms with Gasteiger partial charge in [0, 0.05) is 26.4 Å². The fourth-order valence-corrected chi connectivity index (χ4v) is 3.84. The Kier molecular flexibility index (Phi) is 6.02. The van der Waals surface area contributed by atoms with Crippen molar-refractivity contribution in [1.29, 1.82) is 0 Å². The van der Waals surface area contributed by atoms with Crippen LogP contribution in [-0.4, -0.2) is 16.1 Å². The lowest BCUT2D eigenvalue weighted by atomic mass is 10.2. The van der Waals surface area contributed by atoms with Gasteiger partial charge in [-0.05, 0) is 37.3 Å². The van der Waals surface area contributed by atoms with Crippen molar-refractivity contribution in [2.24, 2.45) is 5.10 Å². The molecule has 3 rings (SSSR count). The molecule has 2 aromatic carbocycles. The molecule has 1 heterocycles. The lowest BCUT2D eigenvalue weighted by Crippen LogP contribution is -1.95. The molecule has 0 amide bonds. The Labute approximate surface area is 166 Å². The number of nitro benzene ring substituents is 1. The van der Waals surface area contributed by atoms with E-state index in [-0.39, 0.29) is 10.6 Å². The average Bonchev–Trinajstić information content (AvgIpc) is 3.03. The molecule has 0 aliphatic carbocycles. The van der Waals surface area contributed by atoms with Crippen molar-refractivity contribution in [2.45, 2.75) is 16.7 Å². The van der Waals surface area contributed by atoms with Crippen LogP contribution in [-0.2, 0) is 0 Å². The molecule has 0 radical (unpaired) electrons. The van der Waals surface area contributed by atoms with Crippen LogP contribution in [0.1, 0.15) is 11.3 Å². The van der Waals surface area contributed by atoms with Gasteiger partial charge in [0.05, 0.1) is 21.7 Å². The van der Waals surface area contributed by atoms with E-state index in [1.54, 1.807) is 12.1 Å². The predicted molar refractivity (Wildman–Crippen MR) is 109 cm³/mol. The first-order chi connectivity index (χ1) is 12.5. The molecular formula is C17H13BrN4O2S2. The zero-order valence-corrected chi connectivity index (χ0v) is 16.8. The van der Waals surface area contributed by atoms with E-state index in [2.05, 4.69) is 31.4 Å². The molecule has 9 heteroatoms. The SMILES string of the molecule is Cc1csc(NN=Cc2ccc(Sc3ccc(Br)cc3)c([N+](=O)[O-])c2)n1. The molecule has 1 aromatic heterocycles. The number of nitrogens with zero attached hydrogens (tertiary/aromatic N) is 3. The fraction of sp³-hybridized carbons (Fsp3) is 0.0588. The van der Waals surface area contributed by atoms with Crippen LogP contribution in [0.4, 0.5) is 10.8 Å². The van der Waals surface area contributed by atoms with Crippen LogP contribution in [0.3, 0.4) is 0 Å². The van der Waals surface area contributed by atoms with Gasteiger partial charge >= 0.3 is 0 Å². The standard InChI is InChI=1S/C17H13BrN4O2S2/c1-11-10-25-17(20-11)21-19-9-12-2-7-16(15(8-12)22(23)24)26-14-5-3-13(18)4-6-14/h2-10H,1H3,(H,20,21). The highest BCUT2D eigenvalue weighted by Crippen LogP contribution is 2.35. The second-order valence-corrected chi connectivity index (χ2v) is 8.09. The molecule has 1 N–H and O–H groups in total. The number of halogens is 1. The van der Waals surface area contributed by atoms with Crippen LogP contribution in [0.2, 0.25) is 0 Å². The number of aromatic nitrogens is 1. The Morgan fingerprint density at radius 1 is 1.31 bits per heavy atom. The maximum absolute atomic E-state index is 11.4. The number of aryl methyl sites for hydroxylation is 1. The van der Waals surface area contributed by atoms with Gasteiger partial charge in [-0.1, -0.05) is 33.8 Å². The molecule has 0 saturated carbocycles. The van der Waals surface area contributed by atoms with Crippen LogP contribution in [0.15, 0.2) is 67.2 Å². The zero-order valence-electron chi connectivity index (χ0n) is 13.5. The lowest BCUT2D eigenvalue weighted by Gasteiger charge is -2.04. The van der Waals surface area contributed by atoms with E-state index in [1.807, 2.05) is 36.6 Å². The minimum Gasteiger partial charge on any atom is -0.258 e. The van der Waals surface area contributed by atoms with Crippen molar-refractivity contribution in [1.82, 2.24) is 4.98 Å². The fourth-order valence-electron chi connectivity index (χ4n) is 2.04. The summed E-state index contributed by atoms with van der Waals surface area (Å²) in [5.74, 6) is 0. The Morgan fingerprint density at radius 2 is 2.08 bits per heavy atom. The minimum absolute atomic E-state index is 0.0481. The summed E-state index contributed by atoms with van der Waals surface area (Å²) < 4.78 is 0.964. The van der Waals surface area contributed by atoms with Crippen molar-refractivity contribution in [2.75, 3.05) is 5.43 Å². The average molecular weight is 449 g/mol. The third-order valence-corrected chi connectivity index (χ3v) is 5.68. The minimum atomic E-state index is -0.379. The normalized spacial score (nSPS) is 11.0. The van der Waals surface area contributed by atoms with Crippen LogP contribution in [0.25, 0.3) is 0 Å². The molecule has 0 fully saturated rings. The summed E-state index contributed by atoms with van der Waals surface area (Å²) in [5.41, 5.74) is 4.42. The van der Waals surface area contributed by atoms with Crippen molar-refractivity contribution in [3.8, 4) is 0 Å². The molecule has 3 aromatic rings. The first kappa shape index (κ1) is 18.6. The molecule has 0 atom stereocenters. The number of thiazole rings is 1. The maximum atomic E-state index is 11.4. The van der Waals surface area contributed by atoms with Gasteiger partial charge in [-0.25, -0.2) is 4.98 Å². The Bertz CT molecular complexity index is 958. The largest absolute Gasteiger partial charge is 0.283 e. The summed E-state index contributed by atoms with van der Waals surface area (Å²) in [6.07, 6.45) is 1.54. The summed E-state index contributed by atoms with van der Waals surface area (Å²) in [5, 5.41) is 18.1. The van der Waals surface area contributed by atoms with Gasteiger partial charge in [0.15, 0.2) is 0 Å². The number of nitrogens with one attached hydrogen (secondary N) is 1. The number of hydrazone groups is 1. The van der Waals surface area contributed by atoms with Gasteiger partial charge < -0.3 is 0 Å². The lowest BCUT2D eigenvalue weighted by molar-refractivity contribution is -0.387. The quantitative estimate of drug-likeness (QED) is 0.296. The molecule has 6 nitrogen and oxygen atoms in total. The van der Waals surface area contributed by atoms with Crippen molar-refractivity contribution in [3.63, 3.8) is 0 Å². The monoisotopic (exact) mass is 448 g/mol. The van der Waals surface area contributed by atoms with Gasteiger partial charge in [0.1, 0.15) is 0 Å². The summed E-state index contributed by atoms with van der Waals surface area (Å²) in [7, 11) is 0. The molecule has 0 bridgehead atoms. The third-order valence-electron chi connectivity index (χ3n) is 3.21. The number of rotatable bonds is 6. The number of nitro groups is 1. The van der Waals surface area contributed by atoms with E-state index in [0.29, 0.717) is 15.6 Å². The van der Waals surface area contributed by atoms with E-state index >= 15 is 0 Å². The van der Waals surface area contributed by atoms with E-state index in [9.17, 15) is 10.1 Å². The van der Waals surface area contributed by atoms with Crippen molar-refractivity contribution < 1.29 is 4.92 Å². The predicted octanol–water partition coefficient (Wildman–Crippen LogP) is 5.72. The molecular weight excluding hydrogens is 436 g/mol. The molecule has 0 aliphatic rings. The van der Waals surface area contributed by atoms with Crippen LogP contribution in [0, 0.1) is 17.0 Å². The molecule has 0 saturated heterocycles. The molecule has 0 spiro atoms. The zero-order chi connectivity index (χ0) is 18.5. The Balaban J connectivity index is 1.77. The summed E-state index contributed by atoms with van der Waals surface area (Å²) in [6.45, 7) is 1.90. The van der Waals surface area contributed by atoms with E-state index in [4.69, 9.17) is 0 Å². The van der Waals surface area contributed by atoms with Gasteiger partial charge in [0.25, 0.3) is 5.69 Å². The third kappa shape index (κ3) is 4.90. The number of benzene rings is 2.